The number of para-hydroxylation sites is 1. The van der Waals surface area contributed by atoms with Crippen molar-refractivity contribution < 1.29 is 26.8 Å². The monoisotopic (exact) mass is 619 g/mol. The van der Waals surface area contributed by atoms with E-state index in [2.05, 4.69) is 5.32 Å². The smallest absolute Gasteiger partial charge is 0.264 e. The van der Waals surface area contributed by atoms with Crippen molar-refractivity contribution in [1.29, 1.82) is 0 Å². The van der Waals surface area contributed by atoms with Crippen molar-refractivity contribution in [3.8, 4) is 0 Å². The molecule has 7 nitrogen and oxygen atoms in total. The molecule has 0 aliphatic carbocycles. The number of benzene rings is 4. The molecule has 44 heavy (non-hydrogen) atoms. The molecular formula is C34H35F2N3O4S. The van der Waals surface area contributed by atoms with E-state index in [1.807, 2.05) is 30.3 Å². The molecule has 0 saturated carbocycles. The molecule has 230 valence electrons. The van der Waals surface area contributed by atoms with E-state index in [-0.39, 0.29) is 29.1 Å². The van der Waals surface area contributed by atoms with Gasteiger partial charge in [0.2, 0.25) is 11.8 Å². The Morgan fingerprint density at radius 3 is 1.95 bits per heavy atom. The van der Waals surface area contributed by atoms with Gasteiger partial charge < -0.3 is 10.2 Å². The van der Waals surface area contributed by atoms with E-state index in [4.69, 9.17) is 0 Å². The number of sulfonamides is 1. The van der Waals surface area contributed by atoms with Crippen LogP contribution in [0.25, 0.3) is 0 Å². The molecule has 4 aromatic rings. The second kappa shape index (κ2) is 13.8. The third kappa shape index (κ3) is 8.29. The normalized spacial score (nSPS) is 12.3. The van der Waals surface area contributed by atoms with Crippen LogP contribution in [-0.2, 0) is 32.6 Å². The molecule has 4 rings (SSSR count). The van der Waals surface area contributed by atoms with Gasteiger partial charge in [0, 0.05) is 24.1 Å². The van der Waals surface area contributed by atoms with Crippen molar-refractivity contribution in [2.24, 2.45) is 0 Å². The minimum Gasteiger partial charge on any atom is -0.350 e. The van der Waals surface area contributed by atoms with Crippen molar-refractivity contribution in [2.45, 2.75) is 50.2 Å². The van der Waals surface area contributed by atoms with Crippen LogP contribution in [0, 0.1) is 11.6 Å². The second-order valence-corrected chi connectivity index (χ2v) is 13.2. The summed E-state index contributed by atoms with van der Waals surface area (Å²) in [5, 5.41) is 2.93. The number of nitrogens with one attached hydrogen (secondary N) is 1. The topological polar surface area (TPSA) is 86.8 Å². The first kappa shape index (κ1) is 32.3. The summed E-state index contributed by atoms with van der Waals surface area (Å²) in [5.41, 5.74) is 0.456. The number of rotatable bonds is 11. The maximum Gasteiger partial charge on any atom is 0.264 e. The fraction of sp³-hybridized carbons (Fsp3) is 0.235. The summed E-state index contributed by atoms with van der Waals surface area (Å²) < 4.78 is 57.3. The van der Waals surface area contributed by atoms with Gasteiger partial charge in [-0.3, -0.25) is 13.9 Å². The lowest BCUT2D eigenvalue weighted by Gasteiger charge is -2.35. The van der Waals surface area contributed by atoms with Gasteiger partial charge in [-0.2, -0.15) is 0 Å². The first-order valence-corrected chi connectivity index (χ1v) is 15.5. The summed E-state index contributed by atoms with van der Waals surface area (Å²) >= 11 is 0. The largest absolute Gasteiger partial charge is 0.350 e. The van der Waals surface area contributed by atoms with Crippen molar-refractivity contribution in [2.75, 3.05) is 10.8 Å². The molecule has 0 heterocycles. The second-order valence-electron chi connectivity index (χ2n) is 11.4. The van der Waals surface area contributed by atoms with Crippen molar-refractivity contribution in [3.05, 3.63) is 132 Å². The molecule has 0 aliphatic heterocycles. The van der Waals surface area contributed by atoms with Gasteiger partial charge in [0.1, 0.15) is 24.2 Å². The minimum atomic E-state index is -4.37. The van der Waals surface area contributed by atoms with Crippen LogP contribution in [0.15, 0.2) is 114 Å². The van der Waals surface area contributed by atoms with E-state index in [0.29, 0.717) is 0 Å². The van der Waals surface area contributed by atoms with Gasteiger partial charge in [0.25, 0.3) is 10.0 Å². The van der Waals surface area contributed by atoms with Gasteiger partial charge in [0.15, 0.2) is 0 Å². The zero-order valence-electron chi connectivity index (χ0n) is 24.8. The number of hydrogen-bond acceptors (Lipinski definition) is 4. The Labute approximate surface area is 257 Å². The Balaban J connectivity index is 1.81. The van der Waals surface area contributed by atoms with Gasteiger partial charge in [-0.1, -0.05) is 66.7 Å². The first-order valence-electron chi connectivity index (χ1n) is 14.1. The number of hydrogen-bond donors (Lipinski definition) is 1. The summed E-state index contributed by atoms with van der Waals surface area (Å²) in [6, 6.07) is 26.2. The van der Waals surface area contributed by atoms with Crippen LogP contribution in [0.3, 0.4) is 0 Å². The van der Waals surface area contributed by atoms with E-state index in [9.17, 15) is 26.8 Å². The number of halogens is 2. The molecule has 1 atom stereocenters. The van der Waals surface area contributed by atoms with Crippen LogP contribution in [0.5, 0.6) is 0 Å². The molecule has 0 aromatic heterocycles. The van der Waals surface area contributed by atoms with E-state index in [1.165, 1.54) is 35.2 Å². The predicted octanol–water partition coefficient (Wildman–Crippen LogP) is 5.71. The Bertz CT molecular complexity index is 1680. The molecule has 0 radical (unpaired) electrons. The lowest BCUT2D eigenvalue weighted by Crippen LogP contribution is -2.56. The van der Waals surface area contributed by atoms with Crippen molar-refractivity contribution in [1.82, 2.24) is 10.2 Å². The lowest BCUT2D eigenvalue weighted by molar-refractivity contribution is -0.140. The summed E-state index contributed by atoms with van der Waals surface area (Å²) in [6.07, 6.45) is 0.0962. The van der Waals surface area contributed by atoms with Crippen LogP contribution in [-0.4, -0.2) is 43.3 Å². The van der Waals surface area contributed by atoms with Crippen LogP contribution in [0.4, 0.5) is 14.5 Å². The third-order valence-electron chi connectivity index (χ3n) is 6.79. The van der Waals surface area contributed by atoms with Crippen molar-refractivity contribution in [3.63, 3.8) is 0 Å². The third-order valence-corrected chi connectivity index (χ3v) is 8.58. The molecule has 1 unspecified atom stereocenters. The molecule has 0 aliphatic rings. The van der Waals surface area contributed by atoms with E-state index < -0.39 is 51.6 Å². The summed E-state index contributed by atoms with van der Waals surface area (Å²) in [7, 11) is -4.37. The Morgan fingerprint density at radius 1 is 0.795 bits per heavy atom. The van der Waals surface area contributed by atoms with Crippen LogP contribution < -0.4 is 9.62 Å². The van der Waals surface area contributed by atoms with Gasteiger partial charge in [0.05, 0.1) is 10.6 Å². The Hall–Kier alpha value is -4.57. The molecule has 4 aromatic carbocycles. The lowest BCUT2D eigenvalue weighted by atomic mass is 10.0. The Morgan fingerprint density at radius 2 is 1.36 bits per heavy atom. The fourth-order valence-electron chi connectivity index (χ4n) is 4.67. The van der Waals surface area contributed by atoms with Gasteiger partial charge in [-0.25, -0.2) is 17.2 Å². The maximum atomic E-state index is 15.0. The van der Waals surface area contributed by atoms with Gasteiger partial charge in [-0.05, 0) is 68.8 Å². The van der Waals surface area contributed by atoms with E-state index in [0.717, 1.165) is 34.1 Å². The zero-order chi connectivity index (χ0) is 31.9. The highest BCUT2D eigenvalue weighted by molar-refractivity contribution is 7.92. The van der Waals surface area contributed by atoms with Crippen LogP contribution in [0.2, 0.25) is 0 Å². The SMILES string of the molecule is CC(C)(C)NC(=O)C(Cc1ccccc1)N(Cc1ccccc1F)C(=O)CN(c1ccccc1)S(=O)(=O)c1ccc(F)cc1. The number of nitrogens with zero attached hydrogens (tertiary/aromatic N) is 2. The number of carbonyl (C=O) groups excluding carboxylic acids is 2. The van der Waals surface area contributed by atoms with Crippen molar-refractivity contribution >= 4 is 27.5 Å². The quantitative estimate of drug-likeness (QED) is 0.233. The molecule has 0 saturated heterocycles. The predicted molar refractivity (Wildman–Crippen MR) is 166 cm³/mol. The van der Waals surface area contributed by atoms with E-state index in [1.54, 1.807) is 45.0 Å². The summed E-state index contributed by atoms with van der Waals surface area (Å²) in [5.74, 6) is -2.39. The molecule has 0 spiro atoms. The molecule has 2 amide bonds. The zero-order valence-corrected chi connectivity index (χ0v) is 25.6. The molecule has 0 fully saturated rings. The van der Waals surface area contributed by atoms with Gasteiger partial charge >= 0.3 is 0 Å². The standard InChI is InChI=1S/C34H35F2N3O4S/c1-34(2,3)37-33(41)31(22-25-12-6-4-7-13-25)38(23-26-14-10-11-17-30(26)36)32(40)24-39(28-15-8-5-9-16-28)44(42,43)29-20-18-27(35)19-21-29/h4-21,31H,22-24H2,1-3H3,(H,37,41). The average molecular weight is 620 g/mol. The number of amides is 2. The average Bonchev–Trinajstić information content (AvgIpc) is 2.98. The van der Waals surface area contributed by atoms with Crippen LogP contribution >= 0.6 is 0 Å². The highest BCUT2D eigenvalue weighted by Crippen LogP contribution is 2.25. The van der Waals surface area contributed by atoms with Gasteiger partial charge in [-0.15, -0.1) is 0 Å². The number of carbonyl (C=O) groups is 2. The molecule has 10 heteroatoms. The first-order chi connectivity index (χ1) is 20.8. The molecule has 0 bridgehead atoms. The summed E-state index contributed by atoms with van der Waals surface area (Å²) in [6.45, 7) is 4.42. The minimum absolute atomic E-state index is 0.0962. The molecule has 1 N–H and O–H groups in total. The van der Waals surface area contributed by atoms with E-state index >= 15 is 0 Å². The number of anilines is 1. The highest BCUT2D eigenvalue weighted by Gasteiger charge is 2.36. The maximum absolute atomic E-state index is 15.0. The summed E-state index contributed by atoms with van der Waals surface area (Å²) in [4.78, 5) is 29.2. The fourth-order valence-corrected chi connectivity index (χ4v) is 6.09. The van der Waals surface area contributed by atoms with Crippen LogP contribution in [0.1, 0.15) is 31.9 Å². The highest BCUT2D eigenvalue weighted by atomic mass is 32.2. The Kier molecular flexibility index (Phi) is 10.2. The molecular weight excluding hydrogens is 584 g/mol.